The van der Waals surface area contributed by atoms with E-state index < -0.39 is 6.09 Å². The molecule has 1 aromatic carbocycles. The SMILES string of the molecule is COC(=O)NC1CCN(C(=O)c2cccc(O)c2)C1. The van der Waals surface area contributed by atoms with Crippen molar-refractivity contribution in [2.24, 2.45) is 0 Å². The molecule has 0 bridgehead atoms. The van der Waals surface area contributed by atoms with Crippen LogP contribution in [0.25, 0.3) is 0 Å². The number of rotatable bonds is 2. The summed E-state index contributed by atoms with van der Waals surface area (Å²) >= 11 is 0. The number of carbonyl (C=O) groups excluding carboxylic acids is 2. The van der Waals surface area contributed by atoms with Crippen molar-refractivity contribution in [3.05, 3.63) is 29.8 Å². The average Bonchev–Trinajstić information content (AvgIpc) is 2.86. The second-order valence-electron chi connectivity index (χ2n) is 4.42. The van der Waals surface area contributed by atoms with Gasteiger partial charge in [-0.1, -0.05) is 6.07 Å². The molecule has 0 aromatic heterocycles. The van der Waals surface area contributed by atoms with Gasteiger partial charge in [-0.05, 0) is 24.6 Å². The van der Waals surface area contributed by atoms with Crippen LogP contribution >= 0.6 is 0 Å². The number of nitrogens with one attached hydrogen (secondary N) is 1. The first kappa shape index (κ1) is 13.2. The highest BCUT2D eigenvalue weighted by Crippen LogP contribution is 2.17. The highest BCUT2D eigenvalue weighted by molar-refractivity contribution is 5.94. The van der Waals surface area contributed by atoms with Crippen LogP contribution in [-0.4, -0.2) is 48.2 Å². The second kappa shape index (κ2) is 5.60. The van der Waals surface area contributed by atoms with Crippen molar-refractivity contribution in [2.75, 3.05) is 20.2 Å². The monoisotopic (exact) mass is 264 g/mol. The summed E-state index contributed by atoms with van der Waals surface area (Å²) in [7, 11) is 1.31. The molecule has 1 unspecified atom stereocenters. The molecule has 2 amide bonds. The molecule has 1 aromatic rings. The number of likely N-dealkylation sites (tertiary alicyclic amines) is 1. The van der Waals surface area contributed by atoms with Crippen LogP contribution in [-0.2, 0) is 4.74 Å². The van der Waals surface area contributed by atoms with Gasteiger partial charge in [0.05, 0.1) is 13.2 Å². The minimum atomic E-state index is -0.489. The third-order valence-corrected chi connectivity index (χ3v) is 3.08. The first-order valence-electron chi connectivity index (χ1n) is 6.03. The molecule has 0 saturated carbocycles. The van der Waals surface area contributed by atoms with Gasteiger partial charge in [0, 0.05) is 18.7 Å². The molecule has 1 atom stereocenters. The number of ether oxygens (including phenoxy) is 1. The molecule has 1 saturated heterocycles. The molecular formula is C13H16N2O4. The lowest BCUT2D eigenvalue weighted by molar-refractivity contribution is 0.0787. The van der Waals surface area contributed by atoms with Crippen molar-refractivity contribution < 1.29 is 19.4 Å². The van der Waals surface area contributed by atoms with Crippen LogP contribution in [0.4, 0.5) is 4.79 Å². The summed E-state index contributed by atoms with van der Waals surface area (Å²) in [6.45, 7) is 1.02. The molecule has 0 aliphatic carbocycles. The minimum absolute atomic E-state index is 0.0642. The molecule has 1 fully saturated rings. The van der Waals surface area contributed by atoms with Gasteiger partial charge in [-0.2, -0.15) is 0 Å². The number of hydrogen-bond acceptors (Lipinski definition) is 4. The molecular weight excluding hydrogens is 248 g/mol. The number of phenolic OH excluding ortho intramolecular Hbond substituents is 1. The smallest absolute Gasteiger partial charge is 0.407 e. The predicted molar refractivity (Wildman–Crippen MR) is 68.0 cm³/mol. The Hall–Kier alpha value is -2.24. The fourth-order valence-electron chi connectivity index (χ4n) is 2.11. The van der Waals surface area contributed by atoms with Gasteiger partial charge in [0.25, 0.3) is 5.91 Å². The third kappa shape index (κ3) is 3.15. The third-order valence-electron chi connectivity index (χ3n) is 3.08. The van der Waals surface area contributed by atoms with Crippen molar-refractivity contribution in [2.45, 2.75) is 12.5 Å². The number of alkyl carbamates (subject to hydrolysis) is 1. The summed E-state index contributed by atoms with van der Waals surface area (Å²) in [4.78, 5) is 24.9. The van der Waals surface area contributed by atoms with Gasteiger partial charge >= 0.3 is 6.09 Å². The standard InChI is InChI=1S/C13H16N2O4/c1-19-13(18)14-10-5-6-15(8-10)12(17)9-3-2-4-11(16)7-9/h2-4,7,10,16H,5-6,8H2,1H3,(H,14,18). The molecule has 1 aliphatic rings. The normalized spacial score (nSPS) is 18.2. The summed E-state index contributed by atoms with van der Waals surface area (Å²) in [5.74, 6) is -0.0839. The lowest BCUT2D eigenvalue weighted by atomic mass is 10.2. The van der Waals surface area contributed by atoms with E-state index in [4.69, 9.17) is 0 Å². The predicted octanol–water partition coefficient (Wildman–Crippen LogP) is 0.963. The number of phenols is 1. The van der Waals surface area contributed by atoms with Gasteiger partial charge in [0.2, 0.25) is 0 Å². The van der Waals surface area contributed by atoms with E-state index in [1.165, 1.54) is 19.2 Å². The number of methoxy groups -OCH3 is 1. The Balaban J connectivity index is 1.97. The van der Waals surface area contributed by atoms with E-state index in [2.05, 4.69) is 10.1 Å². The van der Waals surface area contributed by atoms with Gasteiger partial charge in [0.1, 0.15) is 5.75 Å². The van der Waals surface area contributed by atoms with Crippen LogP contribution < -0.4 is 5.32 Å². The number of hydrogen-bond donors (Lipinski definition) is 2. The second-order valence-corrected chi connectivity index (χ2v) is 4.42. The van der Waals surface area contributed by atoms with Crippen LogP contribution in [0, 0.1) is 0 Å². The van der Waals surface area contributed by atoms with Crippen LogP contribution in [0.3, 0.4) is 0 Å². The van der Waals surface area contributed by atoms with E-state index in [1.54, 1.807) is 17.0 Å². The summed E-state index contributed by atoms with van der Waals surface area (Å²) < 4.78 is 4.52. The Morgan fingerprint density at radius 2 is 2.26 bits per heavy atom. The average molecular weight is 264 g/mol. The molecule has 1 aliphatic heterocycles. The highest BCUT2D eigenvalue weighted by Gasteiger charge is 2.28. The maximum atomic E-state index is 12.2. The van der Waals surface area contributed by atoms with E-state index >= 15 is 0 Å². The molecule has 0 spiro atoms. The van der Waals surface area contributed by atoms with Gasteiger partial charge in [-0.15, -0.1) is 0 Å². The summed E-state index contributed by atoms with van der Waals surface area (Å²) in [5.41, 5.74) is 0.443. The van der Waals surface area contributed by atoms with E-state index in [0.717, 1.165) is 0 Å². The van der Waals surface area contributed by atoms with E-state index in [9.17, 15) is 14.7 Å². The molecule has 0 radical (unpaired) electrons. The Morgan fingerprint density at radius 3 is 2.95 bits per heavy atom. The molecule has 6 nitrogen and oxygen atoms in total. The van der Waals surface area contributed by atoms with Crippen LogP contribution in [0.2, 0.25) is 0 Å². The van der Waals surface area contributed by atoms with E-state index in [1.807, 2.05) is 0 Å². The summed E-state index contributed by atoms with van der Waals surface area (Å²) in [6.07, 6.45) is 0.205. The zero-order valence-electron chi connectivity index (χ0n) is 10.6. The van der Waals surface area contributed by atoms with E-state index in [0.29, 0.717) is 25.1 Å². The summed E-state index contributed by atoms with van der Waals surface area (Å²) in [6, 6.07) is 6.14. The number of carbonyl (C=O) groups is 2. The van der Waals surface area contributed by atoms with Crippen molar-refractivity contribution in [1.29, 1.82) is 0 Å². The van der Waals surface area contributed by atoms with E-state index in [-0.39, 0.29) is 17.7 Å². The van der Waals surface area contributed by atoms with Gasteiger partial charge in [-0.3, -0.25) is 4.79 Å². The Morgan fingerprint density at radius 1 is 1.47 bits per heavy atom. The molecule has 2 N–H and O–H groups in total. The number of amides is 2. The topological polar surface area (TPSA) is 78.9 Å². The summed E-state index contributed by atoms with van der Waals surface area (Å²) in [5, 5.41) is 12.0. The van der Waals surface area contributed by atoms with Crippen LogP contribution in [0.1, 0.15) is 16.8 Å². The number of nitrogens with zero attached hydrogens (tertiary/aromatic N) is 1. The first-order chi connectivity index (χ1) is 9.10. The highest BCUT2D eigenvalue weighted by atomic mass is 16.5. The number of benzene rings is 1. The molecule has 102 valence electrons. The Kier molecular flexibility index (Phi) is 3.89. The first-order valence-corrected chi connectivity index (χ1v) is 6.03. The van der Waals surface area contributed by atoms with Crippen LogP contribution in [0.5, 0.6) is 5.75 Å². The number of aromatic hydroxyl groups is 1. The molecule has 6 heteroatoms. The van der Waals surface area contributed by atoms with Crippen molar-refractivity contribution in [1.82, 2.24) is 10.2 Å². The molecule has 2 rings (SSSR count). The minimum Gasteiger partial charge on any atom is -0.508 e. The maximum absolute atomic E-state index is 12.2. The van der Waals surface area contributed by atoms with Gasteiger partial charge < -0.3 is 20.1 Å². The quantitative estimate of drug-likeness (QED) is 0.834. The van der Waals surface area contributed by atoms with Gasteiger partial charge in [0.15, 0.2) is 0 Å². The molecule has 1 heterocycles. The fraction of sp³-hybridized carbons (Fsp3) is 0.385. The maximum Gasteiger partial charge on any atom is 0.407 e. The van der Waals surface area contributed by atoms with Gasteiger partial charge in [-0.25, -0.2) is 4.79 Å². The van der Waals surface area contributed by atoms with Crippen molar-refractivity contribution in [3.8, 4) is 5.75 Å². The largest absolute Gasteiger partial charge is 0.508 e. The molecule has 19 heavy (non-hydrogen) atoms. The Labute approximate surface area is 111 Å². The van der Waals surface area contributed by atoms with Crippen molar-refractivity contribution in [3.63, 3.8) is 0 Å². The fourth-order valence-corrected chi connectivity index (χ4v) is 2.11. The zero-order valence-corrected chi connectivity index (χ0v) is 10.6. The lowest BCUT2D eigenvalue weighted by Crippen LogP contribution is -2.38. The lowest BCUT2D eigenvalue weighted by Gasteiger charge is -2.17. The van der Waals surface area contributed by atoms with Crippen LogP contribution in [0.15, 0.2) is 24.3 Å². The Bertz CT molecular complexity index is 489. The zero-order chi connectivity index (χ0) is 13.8. The van der Waals surface area contributed by atoms with Crippen molar-refractivity contribution >= 4 is 12.0 Å².